The zero-order valence-corrected chi connectivity index (χ0v) is 17.5. The Morgan fingerprint density at radius 1 is 1.24 bits per heavy atom. The second-order valence-electron chi connectivity index (χ2n) is 7.01. The summed E-state index contributed by atoms with van der Waals surface area (Å²) in [4.78, 5) is 24.8. The first-order valence-corrected chi connectivity index (χ1v) is 10.9. The second-order valence-corrected chi connectivity index (χ2v) is 8.84. The van der Waals surface area contributed by atoms with Crippen molar-refractivity contribution >= 4 is 21.8 Å². The van der Waals surface area contributed by atoms with E-state index >= 15 is 0 Å². The van der Waals surface area contributed by atoms with Gasteiger partial charge in [0.25, 0.3) is 0 Å². The van der Waals surface area contributed by atoms with Gasteiger partial charge in [0.2, 0.25) is 10.0 Å². The third kappa shape index (κ3) is 4.25. The molecule has 2 aromatic rings. The molecule has 1 fully saturated rings. The molecule has 8 nitrogen and oxygen atoms in total. The summed E-state index contributed by atoms with van der Waals surface area (Å²) in [6.45, 7) is 4.83. The van der Waals surface area contributed by atoms with Crippen LogP contribution in [-0.2, 0) is 26.0 Å². The van der Waals surface area contributed by atoms with Gasteiger partial charge in [0.05, 0.1) is 0 Å². The number of hydrogen-bond donors (Lipinski definition) is 0. The summed E-state index contributed by atoms with van der Waals surface area (Å²) in [7, 11) is -3.96. The molecule has 1 atom stereocenters. The Hall–Kier alpha value is -2.52. The van der Waals surface area contributed by atoms with E-state index in [0.29, 0.717) is 18.4 Å². The van der Waals surface area contributed by atoms with Crippen molar-refractivity contribution in [1.82, 2.24) is 9.46 Å². The zero-order valence-electron chi connectivity index (χ0n) is 16.7. The van der Waals surface area contributed by atoms with Gasteiger partial charge in [-0.05, 0) is 38.7 Å². The number of benzene rings is 1. The number of ether oxygens (including phenoxy) is 1. The SMILES string of the molecule is CCc1ccc(C(=O)COC(=O)[C@@H]2CCCN2S(=O)(=O)c2c(C)noc2C)cc1. The lowest BCUT2D eigenvalue weighted by Crippen LogP contribution is -2.42. The number of hydrogen-bond acceptors (Lipinski definition) is 7. The number of ketones is 1. The Kier molecular flexibility index (Phi) is 6.18. The van der Waals surface area contributed by atoms with Crippen LogP contribution < -0.4 is 0 Å². The molecule has 29 heavy (non-hydrogen) atoms. The lowest BCUT2D eigenvalue weighted by Gasteiger charge is -2.22. The van der Waals surface area contributed by atoms with Gasteiger partial charge in [0.15, 0.2) is 18.2 Å². The molecule has 0 aliphatic carbocycles. The van der Waals surface area contributed by atoms with E-state index < -0.39 is 28.6 Å². The Morgan fingerprint density at radius 3 is 2.52 bits per heavy atom. The molecule has 2 heterocycles. The Balaban J connectivity index is 1.69. The van der Waals surface area contributed by atoms with Crippen molar-refractivity contribution in [1.29, 1.82) is 0 Å². The van der Waals surface area contributed by atoms with Gasteiger partial charge in [-0.3, -0.25) is 9.59 Å². The Labute approximate surface area is 169 Å². The van der Waals surface area contributed by atoms with Crippen molar-refractivity contribution in [2.24, 2.45) is 0 Å². The van der Waals surface area contributed by atoms with Crippen molar-refractivity contribution in [3.63, 3.8) is 0 Å². The monoisotopic (exact) mass is 420 g/mol. The molecule has 0 saturated carbocycles. The number of aryl methyl sites for hydroxylation is 3. The van der Waals surface area contributed by atoms with Crippen LogP contribution in [0.1, 0.15) is 47.1 Å². The third-order valence-corrected chi connectivity index (χ3v) is 7.19. The molecule has 1 aromatic heterocycles. The molecule has 0 unspecified atom stereocenters. The van der Waals surface area contributed by atoms with Gasteiger partial charge < -0.3 is 9.26 Å². The van der Waals surface area contributed by atoms with E-state index in [-0.39, 0.29) is 28.7 Å². The number of sulfonamides is 1. The van der Waals surface area contributed by atoms with Crippen molar-refractivity contribution in [2.45, 2.75) is 51.0 Å². The summed E-state index contributed by atoms with van der Waals surface area (Å²) >= 11 is 0. The first-order chi connectivity index (χ1) is 13.8. The highest BCUT2D eigenvalue weighted by Crippen LogP contribution is 2.30. The smallest absolute Gasteiger partial charge is 0.324 e. The average Bonchev–Trinajstić information content (AvgIpc) is 3.33. The minimum Gasteiger partial charge on any atom is -0.456 e. The number of carbonyl (C=O) groups excluding carboxylic acids is 2. The van der Waals surface area contributed by atoms with Crippen molar-refractivity contribution < 1.29 is 27.3 Å². The van der Waals surface area contributed by atoms with E-state index in [9.17, 15) is 18.0 Å². The highest BCUT2D eigenvalue weighted by Gasteiger charge is 2.42. The molecule has 0 amide bonds. The maximum atomic E-state index is 13.0. The van der Waals surface area contributed by atoms with E-state index in [4.69, 9.17) is 9.26 Å². The largest absolute Gasteiger partial charge is 0.456 e. The first kappa shape index (κ1) is 21.2. The number of rotatable bonds is 7. The highest BCUT2D eigenvalue weighted by molar-refractivity contribution is 7.89. The van der Waals surface area contributed by atoms with Crippen molar-refractivity contribution in [2.75, 3.05) is 13.2 Å². The van der Waals surface area contributed by atoms with E-state index in [0.717, 1.165) is 16.3 Å². The van der Waals surface area contributed by atoms with E-state index in [1.54, 1.807) is 12.1 Å². The molecular formula is C20H24N2O6S. The van der Waals surface area contributed by atoms with Gasteiger partial charge in [-0.15, -0.1) is 0 Å². The minimum absolute atomic E-state index is 0.0238. The molecule has 0 radical (unpaired) electrons. The minimum atomic E-state index is -3.96. The molecule has 3 rings (SSSR count). The van der Waals surface area contributed by atoms with Crippen LogP contribution in [0.3, 0.4) is 0 Å². The third-order valence-electron chi connectivity index (χ3n) is 5.04. The topological polar surface area (TPSA) is 107 Å². The summed E-state index contributed by atoms with van der Waals surface area (Å²) in [5.74, 6) is -0.886. The van der Waals surface area contributed by atoms with Crippen LogP contribution in [0.25, 0.3) is 0 Å². The number of carbonyl (C=O) groups is 2. The van der Waals surface area contributed by atoms with E-state index in [2.05, 4.69) is 5.16 Å². The molecule has 0 N–H and O–H groups in total. The molecule has 1 aliphatic rings. The van der Waals surface area contributed by atoms with Gasteiger partial charge in [0.1, 0.15) is 16.6 Å². The molecule has 0 spiro atoms. The van der Waals surface area contributed by atoms with Crippen LogP contribution in [0, 0.1) is 13.8 Å². The lowest BCUT2D eigenvalue weighted by atomic mass is 10.1. The predicted molar refractivity (Wildman–Crippen MR) is 104 cm³/mol. The Bertz CT molecular complexity index is 991. The predicted octanol–water partition coefficient (Wildman–Crippen LogP) is 2.43. The lowest BCUT2D eigenvalue weighted by molar-refractivity contribution is -0.146. The molecule has 0 bridgehead atoms. The Morgan fingerprint density at radius 2 is 1.93 bits per heavy atom. The maximum absolute atomic E-state index is 13.0. The number of nitrogens with zero attached hydrogens (tertiary/aromatic N) is 2. The summed E-state index contributed by atoms with van der Waals surface area (Å²) in [6.07, 6.45) is 1.72. The first-order valence-electron chi connectivity index (χ1n) is 9.49. The molecule has 156 valence electrons. The summed E-state index contributed by atoms with van der Waals surface area (Å²) in [5.41, 5.74) is 1.79. The highest BCUT2D eigenvalue weighted by atomic mass is 32.2. The molecule has 1 aliphatic heterocycles. The fourth-order valence-corrected chi connectivity index (χ4v) is 5.41. The van der Waals surface area contributed by atoms with Crippen molar-refractivity contribution in [3.8, 4) is 0 Å². The van der Waals surface area contributed by atoms with Gasteiger partial charge in [-0.1, -0.05) is 36.3 Å². The second kappa shape index (κ2) is 8.46. The molecule has 1 aromatic carbocycles. The van der Waals surface area contributed by atoms with Crippen LogP contribution in [-0.4, -0.2) is 48.8 Å². The summed E-state index contributed by atoms with van der Waals surface area (Å²) < 4.78 is 37.3. The van der Waals surface area contributed by atoms with Crippen LogP contribution in [0.4, 0.5) is 0 Å². The normalized spacial score (nSPS) is 17.4. The van der Waals surface area contributed by atoms with Crippen LogP contribution in [0.15, 0.2) is 33.7 Å². The van der Waals surface area contributed by atoms with Gasteiger partial charge in [0, 0.05) is 12.1 Å². The zero-order chi connectivity index (χ0) is 21.2. The van der Waals surface area contributed by atoms with Gasteiger partial charge in [-0.2, -0.15) is 4.31 Å². The number of Topliss-reactive ketones (excluding diaryl/α,β-unsaturated/α-hetero) is 1. The fraction of sp³-hybridized carbons (Fsp3) is 0.450. The molecule has 1 saturated heterocycles. The van der Waals surface area contributed by atoms with Crippen LogP contribution >= 0.6 is 0 Å². The molecule has 9 heteroatoms. The van der Waals surface area contributed by atoms with Gasteiger partial charge >= 0.3 is 5.97 Å². The van der Waals surface area contributed by atoms with Crippen LogP contribution in [0.5, 0.6) is 0 Å². The summed E-state index contributed by atoms with van der Waals surface area (Å²) in [6, 6.07) is 6.12. The van der Waals surface area contributed by atoms with E-state index in [1.807, 2.05) is 19.1 Å². The quantitative estimate of drug-likeness (QED) is 0.500. The average molecular weight is 420 g/mol. The maximum Gasteiger partial charge on any atom is 0.324 e. The van der Waals surface area contributed by atoms with Crippen molar-refractivity contribution in [3.05, 3.63) is 46.8 Å². The summed E-state index contributed by atoms with van der Waals surface area (Å²) in [5, 5.41) is 3.69. The fourth-order valence-electron chi connectivity index (χ4n) is 3.47. The number of aromatic nitrogens is 1. The van der Waals surface area contributed by atoms with E-state index in [1.165, 1.54) is 13.8 Å². The van der Waals surface area contributed by atoms with Crippen LogP contribution in [0.2, 0.25) is 0 Å². The standard InChI is InChI=1S/C20H24N2O6S/c1-4-15-7-9-16(10-8-15)18(23)12-27-20(24)17-6-5-11-22(17)29(25,26)19-13(2)21-28-14(19)3/h7-10,17H,4-6,11-12H2,1-3H3/t17-/m0/s1. The molecular weight excluding hydrogens is 396 g/mol. The van der Waals surface area contributed by atoms with Gasteiger partial charge in [-0.25, -0.2) is 8.42 Å². The number of esters is 1.